The van der Waals surface area contributed by atoms with E-state index in [0.717, 1.165) is 22.2 Å². The van der Waals surface area contributed by atoms with E-state index >= 15 is 0 Å². The van der Waals surface area contributed by atoms with Gasteiger partial charge in [-0.1, -0.05) is 36.4 Å². The number of fused-ring (bicyclic) bond motifs is 1. The summed E-state index contributed by atoms with van der Waals surface area (Å²) >= 11 is 0. The third-order valence-electron chi connectivity index (χ3n) is 5.30. The van der Waals surface area contributed by atoms with Crippen molar-refractivity contribution < 1.29 is 9.59 Å². The number of rotatable bonds is 3. The zero-order valence-corrected chi connectivity index (χ0v) is 15.4. The summed E-state index contributed by atoms with van der Waals surface area (Å²) < 4.78 is 0. The Labute approximate surface area is 158 Å². The Balaban J connectivity index is 1.40. The van der Waals surface area contributed by atoms with Gasteiger partial charge in [0, 0.05) is 48.3 Å². The molecule has 0 aliphatic carbocycles. The molecule has 1 aliphatic heterocycles. The molecule has 1 fully saturated rings. The van der Waals surface area contributed by atoms with E-state index in [0.29, 0.717) is 38.2 Å². The molecule has 1 aromatic heterocycles. The van der Waals surface area contributed by atoms with Gasteiger partial charge in [0.15, 0.2) is 0 Å². The van der Waals surface area contributed by atoms with Crippen molar-refractivity contribution in [1.82, 2.24) is 14.8 Å². The van der Waals surface area contributed by atoms with Gasteiger partial charge in [-0.05, 0) is 30.7 Å². The molecular formula is C22H23N3O2. The summed E-state index contributed by atoms with van der Waals surface area (Å²) in [6, 6.07) is 17.4. The molecule has 2 heterocycles. The van der Waals surface area contributed by atoms with Crippen LogP contribution in [0.3, 0.4) is 0 Å². The van der Waals surface area contributed by atoms with Crippen LogP contribution in [0.5, 0.6) is 0 Å². The highest BCUT2D eigenvalue weighted by atomic mass is 16.2. The number of aromatic amines is 1. The Morgan fingerprint density at radius 1 is 0.889 bits per heavy atom. The fraction of sp³-hybridized carbons (Fsp3) is 0.273. The monoisotopic (exact) mass is 361 g/mol. The van der Waals surface area contributed by atoms with Gasteiger partial charge in [0.25, 0.3) is 5.91 Å². The smallest absolute Gasteiger partial charge is 0.253 e. The summed E-state index contributed by atoms with van der Waals surface area (Å²) in [7, 11) is 0. The minimum Gasteiger partial charge on any atom is -0.358 e. The van der Waals surface area contributed by atoms with Gasteiger partial charge in [-0.3, -0.25) is 9.59 Å². The molecule has 4 rings (SSSR count). The molecule has 0 unspecified atom stereocenters. The molecule has 1 aliphatic rings. The van der Waals surface area contributed by atoms with Crippen LogP contribution >= 0.6 is 0 Å². The number of aryl methyl sites for hydroxylation is 1. The Morgan fingerprint density at radius 3 is 2.26 bits per heavy atom. The van der Waals surface area contributed by atoms with Crippen LogP contribution in [0.2, 0.25) is 0 Å². The second-order valence-corrected chi connectivity index (χ2v) is 6.99. The zero-order chi connectivity index (χ0) is 18.8. The first-order valence-electron chi connectivity index (χ1n) is 9.32. The molecule has 0 saturated carbocycles. The van der Waals surface area contributed by atoms with Crippen molar-refractivity contribution in [2.75, 3.05) is 26.2 Å². The van der Waals surface area contributed by atoms with Gasteiger partial charge in [-0.25, -0.2) is 0 Å². The minimum absolute atomic E-state index is 0.0372. The van der Waals surface area contributed by atoms with Crippen molar-refractivity contribution >= 4 is 22.7 Å². The van der Waals surface area contributed by atoms with Crippen LogP contribution in [0, 0.1) is 6.92 Å². The number of nitrogens with one attached hydrogen (secondary N) is 1. The van der Waals surface area contributed by atoms with Gasteiger partial charge >= 0.3 is 0 Å². The van der Waals surface area contributed by atoms with Crippen molar-refractivity contribution in [1.29, 1.82) is 0 Å². The predicted octanol–water partition coefficient (Wildman–Crippen LogP) is 3.00. The average Bonchev–Trinajstić information content (AvgIpc) is 3.03. The molecule has 1 N–H and O–H groups in total. The van der Waals surface area contributed by atoms with Gasteiger partial charge in [0.05, 0.1) is 6.42 Å². The van der Waals surface area contributed by atoms with Crippen molar-refractivity contribution in [3.8, 4) is 0 Å². The van der Waals surface area contributed by atoms with Gasteiger partial charge in [-0.15, -0.1) is 0 Å². The van der Waals surface area contributed by atoms with Crippen LogP contribution in [0.25, 0.3) is 10.9 Å². The van der Waals surface area contributed by atoms with E-state index in [-0.39, 0.29) is 11.8 Å². The summed E-state index contributed by atoms with van der Waals surface area (Å²) in [5.74, 6) is 0.157. The molecule has 27 heavy (non-hydrogen) atoms. The minimum atomic E-state index is 0.0372. The quantitative estimate of drug-likeness (QED) is 0.780. The lowest BCUT2D eigenvalue weighted by Gasteiger charge is -2.35. The summed E-state index contributed by atoms with van der Waals surface area (Å²) in [6.07, 6.45) is 0.391. The number of carbonyl (C=O) groups is 2. The second-order valence-electron chi connectivity index (χ2n) is 6.99. The van der Waals surface area contributed by atoms with Gasteiger partial charge in [0.1, 0.15) is 0 Å². The molecule has 2 amide bonds. The number of hydrogen-bond donors (Lipinski definition) is 1. The standard InChI is InChI=1S/C22H23N3O2/c1-16-19(18-9-5-6-10-20(18)23-16)15-21(26)24-11-13-25(14-12-24)22(27)17-7-3-2-4-8-17/h2-10,23H,11-15H2,1H3. The van der Waals surface area contributed by atoms with Crippen LogP contribution in [-0.2, 0) is 11.2 Å². The summed E-state index contributed by atoms with van der Waals surface area (Å²) in [6.45, 7) is 4.33. The van der Waals surface area contributed by atoms with Crippen molar-refractivity contribution in [3.05, 3.63) is 71.4 Å². The lowest BCUT2D eigenvalue weighted by Crippen LogP contribution is -2.51. The lowest BCUT2D eigenvalue weighted by molar-refractivity contribution is -0.131. The first-order chi connectivity index (χ1) is 13.1. The number of hydrogen-bond acceptors (Lipinski definition) is 2. The molecule has 0 radical (unpaired) electrons. The molecule has 138 valence electrons. The summed E-state index contributed by atoms with van der Waals surface area (Å²) in [5, 5.41) is 1.11. The Kier molecular flexibility index (Phi) is 4.67. The van der Waals surface area contributed by atoms with E-state index in [9.17, 15) is 9.59 Å². The molecule has 3 aromatic rings. The third kappa shape index (κ3) is 3.45. The van der Waals surface area contributed by atoms with E-state index in [1.54, 1.807) is 0 Å². The molecule has 1 saturated heterocycles. The number of aromatic nitrogens is 1. The fourth-order valence-electron chi connectivity index (χ4n) is 3.75. The Morgan fingerprint density at radius 2 is 1.52 bits per heavy atom. The van der Waals surface area contributed by atoms with Crippen molar-refractivity contribution in [3.63, 3.8) is 0 Å². The van der Waals surface area contributed by atoms with E-state index < -0.39 is 0 Å². The van der Waals surface area contributed by atoms with Crippen LogP contribution in [0.1, 0.15) is 21.6 Å². The number of piperazine rings is 1. The van der Waals surface area contributed by atoms with Crippen molar-refractivity contribution in [2.24, 2.45) is 0 Å². The van der Waals surface area contributed by atoms with E-state index in [2.05, 4.69) is 11.1 Å². The first-order valence-corrected chi connectivity index (χ1v) is 9.32. The Hall–Kier alpha value is -3.08. The number of nitrogens with zero attached hydrogens (tertiary/aromatic N) is 2. The highest BCUT2D eigenvalue weighted by Crippen LogP contribution is 2.23. The molecule has 5 heteroatoms. The number of benzene rings is 2. The third-order valence-corrected chi connectivity index (χ3v) is 5.30. The van der Waals surface area contributed by atoms with Crippen molar-refractivity contribution in [2.45, 2.75) is 13.3 Å². The molecule has 0 atom stereocenters. The molecule has 0 bridgehead atoms. The number of carbonyl (C=O) groups excluding carboxylic acids is 2. The number of amides is 2. The maximum absolute atomic E-state index is 12.8. The number of para-hydroxylation sites is 1. The van der Waals surface area contributed by atoms with E-state index in [1.165, 1.54) is 0 Å². The fourth-order valence-corrected chi connectivity index (χ4v) is 3.75. The average molecular weight is 361 g/mol. The maximum atomic E-state index is 12.8. The molecule has 0 spiro atoms. The lowest BCUT2D eigenvalue weighted by atomic mass is 10.1. The molecule has 5 nitrogen and oxygen atoms in total. The first kappa shape index (κ1) is 17.3. The van der Waals surface area contributed by atoms with E-state index in [4.69, 9.17) is 0 Å². The van der Waals surface area contributed by atoms with Crippen LogP contribution in [0.15, 0.2) is 54.6 Å². The van der Waals surface area contributed by atoms with Crippen LogP contribution in [-0.4, -0.2) is 52.8 Å². The summed E-state index contributed by atoms with van der Waals surface area (Å²) in [5.41, 5.74) is 3.88. The van der Waals surface area contributed by atoms with Gasteiger partial charge in [-0.2, -0.15) is 0 Å². The van der Waals surface area contributed by atoms with Crippen LogP contribution in [0.4, 0.5) is 0 Å². The van der Waals surface area contributed by atoms with Gasteiger partial charge in [0.2, 0.25) is 5.91 Å². The molecular weight excluding hydrogens is 338 g/mol. The summed E-state index contributed by atoms with van der Waals surface area (Å²) in [4.78, 5) is 32.4. The topological polar surface area (TPSA) is 56.4 Å². The van der Waals surface area contributed by atoms with E-state index in [1.807, 2.05) is 65.3 Å². The number of H-pyrrole nitrogens is 1. The highest BCUT2D eigenvalue weighted by Gasteiger charge is 2.25. The van der Waals surface area contributed by atoms with Crippen LogP contribution < -0.4 is 0 Å². The predicted molar refractivity (Wildman–Crippen MR) is 106 cm³/mol. The Bertz CT molecular complexity index is 970. The zero-order valence-electron chi connectivity index (χ0n) is 15.4. The van der Waals surface area contributed by atoms with Gasteiger partial charge < -0.3 is 14.8 Å². The largest absolute Gasteiger partial charge is 0.358 e. The normalized spacial score (nSPS) is 14.6. The maximum Gasteiger partial charge on any atom is 0.253 e. The molecule has 2 aromatic carbocycles. The SMILES string of the molecule is Cc1[nH]c2ccccc2c1CC(=O)N1CCN(C(=O)c2ccccc2)CC1. The second kappa shape index (κ2) is 7.27. The highest BCUT2D eigenvalue weighted by molar-refractivity contribution is 5.94.